The molecule has 118 valence electrons. The van der Waals surface area contributed by atoms with Gasteiger partial charge in [0.25, 0.3) is 0 Å². The summed E-state index contributed by atoms with van der Waals surface area (Å²) in [5.41, 5.74) is 2.99. The van der Waals surface area contributed by atoms with Gasteiger partial charge in [-0.15, -0.1) is 0 Å². The third-order valence-electron chi connectivity index (χ3n) is 4.47. The molecule has 0 saturated carbocycles. The van der Waals surface area contributed by atoms with Crippen molar-refractivity contribution in [1.29, 1.82) is 0 Å². The molecule has 0 saturated heterocycles. The first-order valence-corrected chi connectivity index (χ1v) is 8.95. The van der Waals surface area contributed by atoms with Crippen molar-refractivity contribution in [1.82, 2.24) is 5.32 Å². The number of benzene rings is 1. The molecule has 0 atom stereocenters. The zero-order valence-corrected chi connectivity index (χ0v) is 13.7. The van der Waals surface area contributed by atoms with Crippen molar-refractivity contribution in [2.24, 2.45) is 0 Å². The molecule has 1 aromatic rings. The van der Waals surface area contributed by atoms with Crippen LogP contribution in [0, 0.1) is 0 Å². The lowest BCUT2D eigenvalue weighted by Gasteiger charge is -2.19. The Morgan fingerprint density at radius 1 is 0.952 bits per heavy atom. The SMILES string of the molecule is CCCCCCCCNCCCN1CCc2ccccc21. The van der Waals surface area contributed by atoms with Crippen LogP contribution in [0.25, 0.3) is 0 Å². The van der Waals surface area contributed by atoms with Crippen LogP contribution in [0.4, 0.5) is 5.69 Å². The van der Waals surface area contributed by atoms with Crippen molar-refractivity contribution in [2.75, 3.05) is 31.1 Å². The van der Waals surface area contributed by atoms with Crippen LogP contribution in [0.15, 0.2) is 24.3 Å². The van der Waals surface area contributed by atoms with Crippen LogP contribution in [0.5, 0.6) is 0 Å². The summed E-state index contributed by atoms with van der Waals surface area (Å²) in [6, 6.07) is 8.86. The second kappa shape index (κ2) is 9.83. The van der Waals surface area contributed by atoms with Crippen molar-refractivity contribution < 1.29 is 0 Å². The van der Waals surface area contributed by atoms with Crippen molar-refractivity contribution in [3.63, 3.8) is 0 Å². The maximum absolute atomic E-state index is 3.60. The average Bonchev–Trinajstić information content (AvgIpc) is 2.92. The first-order valence-electron chi connectivity index (χ1n) is 8.95. The van der Waals surface area contributed by atoms with Crippen LogP contribution in [-0.4, -0.2) is 26.2 Å². The number of fused-ring (bicyclic) bond motifs is 1. The van der Waals surface area contributed by atoms with Gasteiger partial charge in [-0.2, -0.15) is 0 Å². The Hall–Kier alpha value is -1.02. The summed E-state index contributed by atoms with van der Waals surface area (Å²) in [7, 11) is 0. The molecule has 0 unspecified atom stereocenters. The van der Waals surface area contributed by atoms with Gasteiger partial charge in [-0.1, -0.05) is 57.2 Å². The van der Waals surface area contributed by atoms with Gasteiger partial charge in [0.1, 0.15) is 0 Å². The lowest BCUT2D eigenvalue weighted by Crippen LogP contribution is -2.26. The normalized spacial score (nSPS) is 13.7. The first-order chi connectivity index (χ1) is 10.4. The van der Waals surface area contributed by atoms with Crippen LogP contribution in [0.1, 0.15) is 57.4 Å². The second-order valence-corrected chi connectivity index (χ2v) is 6.24. The third-order valence-corrected chi connectivity index (χ3v) is 4.47. The summed E-state index contributed by atoms with van der Waals surface area (Å²) in [6.45, 7) is 7.04. The monoisotopic (exact) mass is 288 g/mol. The summed E-state index contributed by atoms with van der Waals surface area (Å²) in [5, 5.41) is 3.60. The minimum Gasteiger partial charge on any atom is -0.371 e. The second-order valence-electron chi connectivity index (χ2n) is 6.24. The number of rotatable bonds is 11. The molecule has 0 aromatic heterocycles. The molecular formula is C19H32N2. The van der Waals surface area contributed by atoms with Gasteiger partial charge in [-0.05, 0) is 44.0 Å². The summed E-state index contributed by atoms with van der Waals surface area (Å²) < 4.78 is 0. The Kier molecular flexibility index (Phi) is 7.66. The van der Waals surface area contributed by atoms with E-state index in [9.17, 15) is 0 Å². The fraction of sp³-hybridized carbons (Fsp3) is 0.684. The van der Waals surface area contributed by atoms with Crippen LogP contribution in [0.2, 0.25) is 0 Å². The number of unbranched alkanes of at least 4 members (excludes halogenated alkanes) is 5. The predicted molar refractivity (Wildman–Crippen MR) is 93.2 cm³/mol. The lowest BCUT2D eigenvalue weighted by molar-refractivity contribution is 0.563. The Morgan fingerprint density at radius 3 is 2.62 bits per heavy atom. The van der Waals surface area contributed by atoms with E-state index in [-0.39, 0.29) is 0 Å². The molecule has 1 N–H and O–H groups in total. The molecule has 21 heavy (non-hydrogen) atoms. The number of nitrogens with one attached hydrogen (secondary N) is 1. The number of hydrogen-bond acceptors (Lipinski definition) is 2. The Labute approximate surface area is 130 Å². The van der Waals surface area contributed by atoms with Crippen molar-refractivity contribution in [3.8, 4) is 0 Å². The maximum atomic E-state index is 3.60. The predicted octanol–water partition coefficient (Wildman–Crippen LogP) is 4.39. The van der Waals surface area contributed by atoms with Gasteiger partial charge in [-0.25, -0.2) is 0 Å². The van der Waals surface area contributed by atoms with Crippen LogP contribution >= 0.6 is 0 Å². The van der Waals surface area contributed by atoms with E-state index in [0.29, 0.717) is 0 Å². The van der Waals surface area contributed by atoms with E-state index < -0.39 is 0 Å². The zero-order chi connectivity index (χ0) is 14.8. The molecule has 0 aliphatic carbocycles. The van der Waals surface area contributed by atoms with E-state index in [1.807, 2.05) is 0 Å². The first kappa shape index (κ1) is 16.4. The summed E-state index contributed by atoms with van der Waals surface area (Å²) in [4.78, 5) is 2.54. The largest absolute Gasteiger partial charge is 0.371 e. The number of hydrogen-bond donors (Lipinski definition) is 1. The lowest BCUT2D eigenvalue weighted by atomic mass is 10.1. The van der Waals surface area contributed by atoms with E-state index in [1.165, 1.54) is 82.3 Å². The van der Waals surface area contributed by atoms with Gasteiger partial charge >= 0.3 is 0 Å². The molecule has 2 heteroatoms. The van der Waals surface area contributed by atoms with E-state index in [4.69, 9.17) is 0 Å². The molecule has 0 amide bonds. The highest BCUT2D eigenvalue weighted by Crippen LogP contribution is 2.27. The number of para-hydroxylation sites is 1. The quantitative estimate of drug-likeness (QED) is 0.608. The highest BCUT2D eigenvalue weighted by molar-refractivity contribution is 5.57. The van der Waals surface area contributed by atoms with Crippen LogP contribution in [0.3, 0.4) is 0 Å². The molecule has 2 rings (SSSR count). The van der Waals surface area contributed by atoms with Gasteiger partial charge in [0.05, 0.1) is 0 Å². The Morgan fingerprint density at radius 2 is 1.71 bits per heavy atom. The Bertz CT molecular complexity index is 389. The number of anilines is 1. The standard InChI is InChI=1S/C19H32N2/c1-2-3-4-5-6-9-14-20-15-10-16-21-17-13-18-11-7-8-12-19(18)21/h7-8,11-12,20H,2-6,9-10,13-17H2,1H3. The van der Waals surface area contributed by atoms with Crippen molar-refractivity contribution in [2.45, 2.75) is 58.3 Å². The third kappa shape index (κ3) is 5.70. The smallest absolute Gasteiger partial charge is 0.0399 e. The van der Waals surface area contributed by atoms with E-state index in [0.717, 1.165) is 6.54 Å². The molecule has 0 radical (unpaired) electrons. The fourth-order valence-electron chi connectivity index (χ4n) is 3.19. The van der Waals surface area contributed by atoms with E-state index >= 15 is 0 Å². The zero-order valence-electron chi connectivity index (χ0n) is 13.7. The highest BCUT2D eigenvalue weighted by atomic mass is 15.1. The molecule has 0 bridgehead atoms. The fourth-order valence-corrected chi connectivity index (χ4v) is 3.19. The van der Waals surface area contributed by atoms with Gasteiger partial charge in [0, 0.05) is 18.8 Å². The molecule has 1 aliphatic rings. The minimum atomic E-state index is 1.16. The number of nitrogens with zero attached hydrogens (tertiary/aromatic N) is 1. The molecule has 1 heterocycles. The van der Waals surface area contributed by atoms with Gasteiger partial charge < -0.3 is 10.2 Å². The van der Waals surface area contributed by atoms with E-state index in [1.54, 1.807) is 0 Å². The minimum absolute atomic E-state index is 1.16. The molecule has 0 spiro atoms. The van der Waals surface area contributed by atoms with Crippen LogP contribution < -0.4 is 10.2 Å². The molecular weight excluding hydrogens is 256 g/mol. The van der Waals surface area contributed by atoms with E-state index in [2.05, 4.69) is 41.4 Å². The topological polar surface area (TPSA) is 15.3 Å². The summed E-state index contributed by atoms with van der Waals surface area (Å²) in [5.74, 6) is 0. The van der Waals surface area contributed by atoms with Crippen molar-refractivity contribution >= 4 is 5.69 Å². The maximum Gasteiger partial charge on any atom is 0.0399 e. The summed E-state index contributed by atoms with van der Waals surface area (Å²) >= 11 is 0. The van der Waals surface area contributed by atoms with Crippen LogP contribution in [-0.2, 0) is 6.42 Å². The molecule has 0 fully saturated rings. The molecule has 1 aliphatic heterocycles. The Balaban J connectivity index is 1.46. The molecule has 1 aromatic carbocycles. The average molecular weight is 288 g/mol. The summed E-state index contributed by atoms with van der Waals surface area (Å²) in [6.07, 6.45) is 10.8. The molecule has 2 nitrogen and oxygen atoms in total. The van der Waals surface area contributed by atoms with Gasteiger partial charge in [0.2, 0.25) is 0 Å². The van der Waals surface area contributed by atoms with Gasteiger partial charge in [0.15, 0.2) is 0 Å². The van der Waals surface area contributed by atoms with Gasteiger partial charge in [-0.3, -0.25) is 0 Å². The highest BCUT2D eigenvalue weighted by Gasteiger charge is 2.16. The van der Waals surface area contributed by atoms with Crippen molar-refractivity contribution in [3.05, 3.63) is 29.8 Å².